The zero-order chi connectivity index (χ0) is 18.0. The van der Waals surface area contributed by atoms with Crippen molar-refractivity contribution in [1.82, 2.24) is 24.8 Å². The van der Waals surface area contributed by atoms with Crippen LogP contribution in [0.2, 0.25) is 0 Å². The van der Waals surface area contributed by atoms with Crippen molar-refractivity contribution in [3.05, 3.63) is 41.5 Å². The molecular formula is C16H21N5O3S. The monoisotopic (exact) mass is 363 g/mol. The van der Waals surface area contributed by atoms with Gasteiger partial charge in [-0.1, -0.05) is 0 Å². The summed E-state index contributed by atoms with van der Waals surface area (Å²) in [4.78, 5) is 18.3. The number of aromatic nitrogens is 3. The van der Waals surface area contributed by atoms with Crippen LogP contribution in [0.25, 0.3) is 0 Å². The number of sulfonamides is 1. The highest BCUT2D eigenvalue weighted by Gasteiger charge is 2.29. The van der Waals surface area contributed by atoms with Crippen LogP contribution in [0, 0.1) is 13.8 Å². The maximum atomic E-state index is 12.6. The van der Waals surface area contributed by atoms with Gasteiger partial charge in [0.25, 0.3) is 5.91 Å². The van der Waals surface area contributed by atoms with Gasteiger partial charge in [0.15, 0.2) is 0 Å². The highest BCUT2D eigenvalue weighted by Crippen LogP contribution is 2.20. The maximum Gasteiger partial charge on any atom is 0.253 e. The predicted molar refractivity (Wildman–Crippen MR) is 91.5 cm³/mol. The Hall–Kier alpha value is -2.26. The van der Waals surface area contributed by atoms with E-state index in [-0.39, 0.29) is 16.8 Å². The van der Waals surface area contributed by atoms with Crippen LogP contribution in [0.1, 0.15) is 34.6 Å². The first kappa shape index (κ1) is 17.6. The number of pyridine rings is 1. The molecule has 3 rings (SSSR count). The van der Waals surface area contributed by atoms with E-state index in [1.165, 1.54) is 0 Å². The van der Waals surface area contributed by atoms with Crippen LogP contribution in [-0.4, -0.2) is 53.5 Å². The van der Waals surface area contributed by atoms with Gasteiger partial charge in [-0.3, -0.25) is 14.9 Å². The Morgan fingerprint density at radius 2 is 1.88 bits per heavy atom. The molecule has 0 atom stereocenters. The van der Waals surface area contributed by atoms with Crippen LogP contribution in [0.4, 0.5) is 0 Å². The molecule has 0 aromatic carbocycles. The van der Waals surface area contributed by atoms with E-state index < -0.39 is 10.0 Å². The van der Waals surface area contributed by atoms with E-state index >= 15 is 0 Å². The van der Waals surface area contributed by atoms with Crippen molar-refractivity contribution in [2.75, 3.05) is 13.1 Å². The first-order valence-corrected chi connectivity index (χ1v) is 9.60. The van der Waals surface area contributed by atoms with Crippen LogP contribution in [0.15, 0.2) is 29.4 Å². The molecule has 25 heavy (non-hydrogen) atoms. The topological polar surface area (TPSA) is 108 Å². The number of aryl methyl sites for hydroxylation is 2. The molecule has 2 aromatic heterocycles. The molecule has 1 aliphatic rings. The Bertz CT molecular complexity index is 836. The Labute approximate surface area is 146 Å². The van der Waals surface area contributed by atoms with Crippen LogP contribution in [0.5, 0.6) is 0 Å². The van der Waals surface area contributed by atoms with E-state index in [4.69, 9.17) is 0 Å². The number of carbonyl (C=O) groups excluding carboxylic acids is 1. The van der Waals surface area contributed by atoms with Crippen LogP contribution >= 0.6 is 0 Å². The number of aromatic amines is 1. The second kappa shape index (κ2) is 6.93. The number of amides is 1. The van der Waals surface area contributed by atoms with Crippen molar-refractivity contribution in [3.8, 4) is 0 Å². The zero-order valence-corrected chi connectivity index (χ0v) is 15.0. The molecule has 0 saturated carbocycles. The molecule has 1 aliphatic heterocycles. The van der Waals surface area contributed by atoms with Crippen LogP contribution < -0.4 is 4.72 Å². The third-order valence-electron chi connectivity index (χ3n) is 4.36. The number of rotatable bonds is 4. The normalized spacial score (nSPS) is 16.2. The van der Waals surface area contributed by atoms with Gasteiger partial charge < -0.3 is 4.90 Å². The fraction of sp³-hybridized carbons (Fsp3) is 0.438. The summed E-state index contributed by atoms with van der Waals surface area (Å²) in [7, 11) is -3.62. The molecule has 2 aromatic rings. The molecule has 0 spiro atoms. The first-order chi connectivity index (χ1) is 11.9. The van der Waals surface area contributed by atoms with Crippen molar-refractivity contribution in [2.45, 2.75) is 37.6 Å². The predicted octanol–water partition coefficient (Wildman–Crippen LogP) is 1.00. The average Bonchev–Trinajstić information content (AvgIpc) is 2.95. The summed E-state index contributed by atoms with van der Waals surface area (Å²) in [5, 5.41) is 6.64. The van der Waals surface area contributed by atoms with Gasteiger partial charge in [0.05, 0.1) is 11.4 Å². The number of piperidine rings is 1. The van der Waals surface area contributed by atoms with Crippen molar-refractivity contribution in [3.63, 3.8) is 0 Å². The highest BCUT2D eigenvalue weighted by molar-refractivity contribution is 7.89. The van der Waals surface area contributed by atoms with Crippen molar-refractivity contribution >= 4 is 15.9 Å². The zero-order valence-electron chi connectivity index (χ0n) is 14.2. The Morgan fingerprint density at radius 1 is 1.24 bits per heavy atom. The Kier molecular flexibility index (Phi) is 4.87. The molecule has 8 nitrogen and oxygen atoms in total. The summed E-state index contributed by atoms with van der Waals surface area (Å²) in [5.41, 5.74) is 1.57. The van der Waals surface area contributed by atoms with E-state index in [2.05, 4.69) is 19.9 Å². The number of H-pyrrole nitrogens is 1. The number of hydrogen-bond acceptors (Lipinski definition) is 5. The van der Waals surface area contributed by atoms with E-state index in [9.17, 15) is 13.2 Å². The molecule has 0 radical (unpaired) electrons. The van der Waals surface area contributed by atoms with E-state index in [0.29, 0.717) is 42.9 Å². The van der Waals surface area contributed by atoms with Gasteiger partial charge in [-0.2, -0.15) is 5.10 Å². The Balaban J connectivity index is 1.62. The second-order valence-corrected chi connectivity index (χ2v) is 7.84. The standard InChI is InChI=1S/C16H21N5O3S/c1-11-15(12(2)19-18-11)25(23,24)20-14-5-9-21(10-6-14)16(22)13-3-7-17-8-4-13/h3-4,7-8,14,20H,5-6,9-10H2,1-2H3,(H,18,19). The number of hydrogen-bond donors (Lipinski definition) is 2. The fourth-order valence-corrected chi connectivity index (χ4v) is 4.77. The third-order valence-corrected chi connectivity index (χ3v) is 6.14. The Morgan fingerprint density at radius 3 is 2.44 bits per heavy atom. The summed E-state index contributed by atoms with van der Waals surface area (Å²) < 4.78 is 27.9. The highest BCUT2D eigenvalue weighted by atomic mass is 32.2. The molecule has 134 valence electrons. The summed E-state index contributed by atoms with van der Waals surface area (Å²) in [6.45, 7) is 4.37. The van der Waals surface area contributed by atoms with Crippen LogP contribution in [0.3, 0.4) is 0 Å². The van der Waals surface area contributed by atoms with Gasteiger partial charge in [0.1, 0.15) is 4.90 Å². The van der Waals surface area contributed by atoms with E-state index in [1.807, 2.05) is 0 Å². The minimum Gasteiger partial charge on any atom is -0.339 e. The van der Waals surface area contributed by atoms with E-state index in [0.717, 1.165) is 0 Å². The molecule has 0 aliphatic carbocycles. The summed E-state index contributed by atoms with van der Waals surface area (Å²) >= 11 is 0. The van der Waals surface area contributed by atoms with Crippen LogP contribution in [-0.2, 0) is 10.0 Å². The molecule has 2 N–H and O–H groups in total. The van der Waals surface area contributed by atoms with Crippen molar-refractivity contribution in [2.24, 2.45) is 0 Å². The lowest BCUT2D eigenvalue weighted by Crippen LogP contribution is -2.46. The SMILES string of the molecule is Cc1n[nH]c(C)c1S(=O)(=O)NC1CCN(C(=O)c2ccncc2)CC1. The van der Waals surface area contributed by atoms with E-state index in [1.54, 1.807) is 43.3 Å². The average molecular weight is 363 g/mol. The molecule has 0 bridgehead atoms. The molecule has 9 heteroatoms. The smallest absolute Gasteiger partial charge is 0.253 e. The minimum absolute atomic E-state index is 0.0507. The molecule has 3 heterocycles. The van der Waals surface area contributed by atoms with Gasteiger partial charge in [-0.05, 0) is 38.8 Å². The molecule has 1 fully saturated rings. The van der Waals surface area contributed by atoms with Crippen molar-refractivity contribution < 1.29 is 13.2 Å². The second-order valence-electron chi connectivity index (χ2n) is 6.19. The lowest BCUT2D eigenvalue weighted by Gasteiger charge is -2.32. The van der Waals surface area contributed by atoms with Gasteiger partial charge in [-0.25, -0.2) is 13.1 Å². The first-order valence-electron chi connectivity index (χ1n) is 8.11. The van der Waals surface area contributed by atoms with Gasteiger partial charge >= 0.3 is 0 Å². The molecule has 1 saturated heterocycles. The maximum absolute atomic E-state index is 12.6. The number of nitrogens with one attached hydrogen (secondary N) is 2. The lowest BCUT2D eigenvalue weighted by atomic mass is 10.1. The minimum atomic E-state index is -3.62. The molecule has 0 unspecified atom stereocenters. The number of carbonyl (C=O) groups is 1. The third kappa shape index (κ3) is 3.72. The van der Waals surface area contributed by atoms with Gasteiger partial charge in [-0.15, -0.1) is 0 Å². The summed E-state index contributed by atoms with van der Waals surface area (Å²) in [6, 6.07) is 3.17. The largest absolute Gasteiger partial charge is 0.339 e. The number of likely N-dealkylation sites (tertiary alicyclic amines) is 1. The fourth-order valence-electron chi connectivity index (χ4n) is 3.09. The van der Waals surface area contributed by atoms with Crippen molar-refractivity contribution in [1.29, 1.82) is 0 Å². The lowest BCUT2D eigenvalue weighted by molar-refractivity contribution is 0.0711. The summed E-state index contributed by atoms with van der Waals surface area (Å²) in [6.07, 6.45) is 4.32. The number of nitrogens with zero attached hydrogens (tertiary/aromatic N) is 3. The van der Waals surface area contributed by atoms with Gasteiger partial charge in [0, 0.05) is 37.1 Å². The summed E-state index contributed by atoms with van der Waals surface area (Å²) in [5.74, 6) is -0.0507. The molecule has 1 amide bonds. The quantitative estimate of drug-likeness (QED) is 0.843. The van der Waals surface area contributed by atoms with Gasteiger partial charge in [0.2, 0.25) is 10.0 Å². The molecular weight excluding hydrogens is 342 g/mol.